The first-order chi connectivity index (χ1) is 4.77. The molecule has 0 bridgehead atoms. The molecule has 2 fully saturated rings. The molecular weight excluding hydrogens is 120 g/mol. The molecule has 0 heterocycles. The standard InChI is InChI=1S/C10H18/c1-7(5-9-3-4-9)10-6-8(10)2/h7-10H,3-6H2,1-2H3. The fraction of sp³-hybridized carbons (Fsp3) is 1.00. The van der Waals surface area contributed by atoms with Gasteiger partial charge in [0, 0.05) is 0 Å². The molecule has 3 unspecified atom stereocenters. The molecule has 0 spiro atoms. The third-order valence-corrected chi connectivity index (χ3v) is 3.30. The summed E-state index contributed by atoms with van der Waals surface area (Å²) in [5.74, 6) is 4.36. The van der Waals surface area contributed by atoms with Crippen molar-refractivity contribution in [3.05, 3.63) is 0 Å². The van der Waals surface area contributed by atoms with Gasteiger partial charge in [-0.05, 0) is 36.5 Å². The molecule has 2 aliphatic rings. The first-order valence-corrected chi connectivity index (χ1v) is 4.77. The summed E-state index contributed by atoms with van der Waals surface area (Å²) in [4.78, 5) is 0. The van der Waals surface area contributed by atoms with Crippen LogP contribution in [0.15, 0.2) is 0 Å². The highest BCUT2D eigenvalue weighted by atomic mass is 14.4. The van der Waals surface area contributed by atoms with E-state index in [1.807, 2.05) is 0 Å². The van der Waals surface area contributed by atoms with Crippen LogP contribution in [-0.2, 0) is 0 Å². The molecule has 58 valence electrons. The number of rotatable bonds is 3. The largest absolute Gasteiger partial charge is 0.0622 e. The van der Waals surface area contributed by atoms with Crippen LogP contribution >= 0.6 is 0 Å². The van der Waals surface area contributed by atoms with E-state index in [0.717, 1.165) is 23.7 Å². The SMILES string of the molecule is CC(CC1CC1)C1CC1C. The average molecular weight is 138 g/mol. The second-order valence-electron chi connectivity index (χ2n) is 4.53. The third kappa shape index (κ3) is 1.36. The van der Waals surface area contributed by atoms with Crippen LogP contribution in [0.1, 0.15) is 39.5 Å². The van der Waals surface area contributed by atoms with Gasteiger partial charge in [-0.1, -0.05) is 26.7 Å². The summed E-state index contributed by atoms with van der Waals surface area (Å²) in [6.45, 7) is 4.85. The van der Waals surface area contributed by atoms with E-state index in [1.54, 1.807) is 0 Å². The molecule has 0 N–H and O–H groups in total. The van der Waals surface area contributed by atoms with Gasteiger partial charge in [0.1, 0.15) is 0 Å². The van der Waals surface area contributed by atoms with Crippen molar-refractivity contribution >= 4 is 0 Å². The zero-order chi connectivity index (χ0) is 7.14. The van der Waals surface area contributed by atoms with Gasteiger partial charge in [0.15, 0.2) is 0 Å². The minimum absolute atomic E-state index is 1.04. The van der Waals surface area contributed by atoms with Gasteiger partial charge in [-0.2, -0.15) is 0 Å². The molecule has 0 aromatic rings. The number of hydrogen-bond donors (Lipinski definition) is 0. The van der Waals surface area contributed by atoms with Crippen molar-refractivity contribution in [1.29, 1.82) is 0 Å². The predicted octanol–water partition coefficient (Wildman–Crippen LogP) is 3.08. The zero-order valence-electron chi connectivity index (χ0n) is 7.14. The smallest absolute Gasteiger partial charge is 0.0360 e. The summed E-state index contributed by atoms with van der Waals surface area (Å²) in [7, 11) is 0. The topological polar surface area (TPSA) is 0 Å². The fourth-order valence-electron chi connectivity index (χ4n) is 2.20. The van der Waals surface area contributed by atoms with Gasteiger partial charge in [0.25, 0.3) is 0 Å². The first-order valence-electron chi connectivity index (χ1n) is 4.77. The molecule has 2 aliphatic carbocycles. The van der Waals surface area contributed by atoms with Crippen molar-refractivity contribution in [1.82, 2.24) is 0 Å². The molecule has 10 heavy (non-hydrogen) atoms. The first kappa shape index (κ1) is 6.69. The van der Waals surface area contributed by atoms with Gasteiger partial charge in [-0.15, -0.1) is 0 Å². The highest BCUT2D eigenvalue weighted by Gasteiger charge is 2.38. The van der Waals surface area contributed by atoms with Crippen molar-refractivity contribution < 1.29 is 0 Å². The summed E-state index contributed by atoms with van der Waals surface area (Å²) in [6.07, 6.45) is 6.12. The summed E-state index contributed by atoms with van der Waals surface area (Å²) in [5.41, 5.74) is 0. The minimum Gasteiger partial charge on any atom is -0.0622 e. The Labute approximate surface area is 64.0 Å². The van der Waals surface area contributed by atoms with Crippen LogP contribution in [0.4, 0.5) is 0 Å². The Morgan fingerprint density at radius 3 is 2.40 bits per heavy atom. The maximum Gasteiger partial charge on any atom is -0.0360 e. The van der Waals surface area contributed by atoms with Crippen molar-refractivity contribution in [3.63, 3.8) is 0 Å². The Hall–Kier alpha value is 0. The van der Waals surface area contributed by atoms with Crippen LogP contribution in [0.5, 0.6) is 0 Å². The van der Waals surface area contributed by atoms with Gasteiger partial charge in [0.05, 0.1) is 0 Å². The molecule has 0 radical (unpaired) electrons. The lowest BCUT2D eigenvalue weighted by Crippen LogP contribution is -1.99. The molecule has 0 aromatic heterocycles. The van der Waals surface area contributed by atoms with Crippen LogP contribution in [0, 0.1) is 23.7 Å². The number of hydrogen-bond acceptors (Lipinski definition) is 0. The van der Waals surface area contributed by atoms with Crippen LogP contribution < -0.4 is 0 Å². The van der Waals surface area contributed by atoms with E-state index in [9.17, 15) is 0 Å². The third-order valence-electron chi connectivity index (χ3n) is 3.30. The molecule has 2 saturated carbocycles. The molecule has 0 saturated heterocycles. The lowest BCUT2D eigenvalue weighted by atomic mass is 9.98. The van der Waals surface area contributed by atoms with Crippen molar-refractivity contribution in [2.45, 2.75) is 39.5 Å². The van der Waals surface area contributed by atoms with Crippen LogP contribution in [0.2, 0.25) is 0 Å². The maximum atomic E-state index is 2.45. The van der Waals surface area contributed by atoms with E-state index in [-0.39, 0.29) is 0 Å². The second kappa shape index (κ2) is 2.25. The van der Waals surface area contributed by atoms with Gasteiger partial charge >= 0.3 is 0 Å². The highest BCUT2D eigenvalue weighted by molar-refractivity contribution is 4.89. The molecule has 0 nitrogen and oxygen atoms in total. The van der Waals surface area contributed by atoms with Crippen LogP contribution in [0.25, 0.3) is 0 Å². The van der Waals surface area contributed by atoms with Gasteiger partial charge < -0.3 is 0 Å². The zero-order valence-corrected chi connectivity index (χ0v) is 7.14. The Kier molecular flexibility index (Phi) is 1.51. The molecular formula is C10H18. The molecule has 0 heteroatoms. The van der Waals surface area contributed by atoms with E-state index < -0.39 is 0 Å². The Bertz CT molecular complexity index is 124. The average Bonchev–Trinajstić information content (AvgIpc) is 2.66. The highest BCUT2D eigenvalue weighted by Crippen LogP contribution is 2.48. The monoisotopic (exact) mass is 138 g/mol. The maximum absolute atomic E-state index is 2.45. The lowest BCUT2D eigenvalue weighted by Gasteiger charge is -2.07. The van der Waals surface area contributed by atoms with E-state index >= 15 is 0 Å². The Morgan fingerprint density at radius 2 is 2.00 bits per heavy atom. The van der Waals surface area contributed by atoms with Gasteiger partial charge in [-0.25, -0.2) is 0 Å². The van der Waals surface area contributed by atoms with E-state index in [4.69, 9.17) is 0 Å². The molecule has 0 aliphatic heterocycles. The Morgan fingerprint density at radius 1 is 1.40 bits per heavy atom. The molecule has 3 atom stereocenters. The minimum atomic E-state index is 1.04. The van der Waals surface area contributed by atoms with E-state index in [2.05, 4.69) is 13.8 Å². The molecule has 2 rings (SSSR count). The normalized spacial score (nSPS) is 41.4. The van der Waals surface area contributed by atoms with E-state index in [1.165, 1.54) is 25.7 Å². The van der Waals surface area contributed by atoms with Gasteiger partial charge in [-0.3, -0.25) is 0 Å². The predicted molar refractivity (Wildman–Crippen MR) is 43.8 cm³/mol. The van der Waals surface area contributed by atoms with Crippen molar-refractivity contribution in [2.75, 3.05) is 0 Å². The van der Waals surface area contributed by atoms with Crippen molar-refractivity contribution in [2.24, 2.45) is 23.7 Å². The summed E-state index contributed by atoms with van der Waals surface area (Å²) >= 11 is 0. The van der Waals surface area contributed by atoms with Crippen LogP contribution in [-0.4, -0.2) is 0 Å². The van der Waals surface area contributed by atoms with Gasteiger partial charge in [0.2, 0.25) is 0 Å². The van der Waals surface area contributed by atoms with Crippen LogP contribution in [0.3, 0.4) is 0 Å². The lowest BCUT2D eigenvalue weighted by molar-refractivity contribution is 0.424. The quantitative estimate of drug-likeness (QED) is 0.562. The molecule has 0 aromatic carbocycles. The summed E-state index contributed by atoms with van der Waals surface area (Å²) in [6, 6.07) is 0. The second-order valence-corrected chi connectivity index (χ2v) is 4.53. The summed E-state index contributed by atoms with van der Waals surface area (Å²) < 4.78 is 0. The fourth-order valence-corrected chi connectivity index (χ4v) is 2.20. The molecule has 0 amide bonds. The Balaban J connectivity index is 1.71. The van der Waals surface area contributed by atoms with Crippen molar-refractivity contribution in [3.8, 4) is 0 Å². The van der Waals surface area contributed by atoms with E-state index in [0.29, 0.717) is 0 Å². The summed E-state index contributed by atoms with van der Waals surface area (Å²) in [5, 5.41) is 0.